The smallest absolute Gasteiger partial charge is 0.337 e. The Kier molecular flexibility index (Phi) is 4.67. The first-order chi connectivity index (χ1) is 11.6. The van der Waals surface area contributed by atoms with E-state index in [1.807, 2.05) is 48.5 Å². The summed E-state index contributed by atoms with van der Waals surface area (Å²) in [7, 11) is 1.95. The van der Waals surface area contributed by atoms with Gasteiger partial charge in [-0.15, -0.1) is 0 Å². The maximum absolute atomic E-state index is 11.2. The number of carboxylic acid groups (broad SMARTS) is 1. The molecule has 3 rings (SSSR count). The molecular weight excluding hydrogens is 304 g/mol. The van der Waals surface area contributed by atoms with E-state index < -0.39 is 5.97 Å². The van der Waals surface area contributed by atoms with Crippen LogP contribution >= 0.6 is 0 Å². The lowest BCUT2D eigenvalue weighted by molar-refractivity contribution is 0.0694. The van der Waals surface area contributed by atoms with Crippen LogP contribution in [-0.2, 0) is 13.1 Å². The molecule has 0 atom stereocenters. The highest BCUT2D eigenvalue weighted by molar-refractivity contribution is 5.88. The minimum absolute atomic E-state index is 0.249. The molecule has 1 aromatic carbocycles. The molecule has 6 nitrogen and oxygen atoms in total. The van der Waals surface area contributed by atoms with Gasteiger partial charge in [0.1, 0.15) is 0 Å². The lowest BCUT2D eigenvalue weighted by Crippen LogP contribution is -2.20. The molecule has 2 heterocycles. The van der Waals surface area contributed by atoms with Gasteiger partial charge in [0.15, 0.2) is 0 Å². The van der Waals surface area contributed by atoms with Crippen LogP contribution in [0.3, 0.4) is 0 Å². The molecule has 0 fully saturated rings. The van der Waals surface area contributed by atoms with Gasteiger partial charge < -0.3 is 5.11 Å². The number of aromatic carboxylic acids is 1. The minimum Gasteiger partial charge on any atom is -0.478 e. The molecule has 0 amide bonds. The number of benzene rings is 1. The van der Waals surface area contributed by atoms with Crippen LogP contribution in [0.2, 0.25) is 0 Å². The minimum atomic E-state index is -0.949. The predicted molar refractivity (Wildman–Crippen MR) is 89.9 cm³/mol. The molecule has 0 bridgehead atoms. The third kappa shape index (κ3) is 3.67. The molecule has 24 heavy (non-hydrogen) atoms. The van der Waals surface area contributed by atoms with Gasteiger partial charge in [0.25, 0.3) is 0 Å². The quantitative estimate of drug-likeness (QED) is 0.755. The van der Waals surface area contributed by atoms with Crippen LogP contribution in [0.4, 0.5) is 0 Å². The van der Waals surface area contributed by atoms with Gasteiger partial charge >= 0.3 is 5.97 Å². The number of rotatable bonds is 6. The van der Waals surface area contributed by atoms with Gasteiger partial charge in [0.2, 0.25) is 0 Å². The zero-order chi connectivity index (χ0) is 16.9. The number of pyridine rings is 1. The maximum atomic E-state index is 11.2. The predicted octanol–water partition coefficient (Wildman–Crippen LogP) is 2.60. The number of hydrogen-bond donors (Lipinski definition) is 1. The average Bonchev–Trinajstić information content (AvgIpc) is 3.10. The second-order valence-corrected chi connectivity index (χ2v) is 5.59. The molecule has 0 unspecified atom stereocenters. The van der Waals surface area contributed by atoms with E-state index in [-0.39, 0.29) is 5.56 Å². The van der Waals surface area contributed by atoms with E-state index in [4.69, 9.17) is 0 Å². The summed E-state index contributed by atoms with van der Waals surface area (Å²) in [5.74, 6) is -0.949. The van der Waals surface area contributed by atoms with Crippen molar-refractivity contribution < 1.29 is 9.90 Å². The van der Waals surface area contributed by atoms with Gasteiger partial charge in [-0.2, -0.15) is 5.10 Å². The fraction of sp³-hybridized carbons (Fsp3) is 0.167. The molecule has 6 heteroatoms. The molecule has 0 aliphatic heterocycles. The first-order valence-electron chi connectivity index (χ1n) is 7.58. The summed E-state index contributed by atoms with van der Waals surface area (Å²) in [4.78, 5) is 17.5. The Morgan fingerprint density at radius 1 is 1.12 bits per heavy atom. The van der Waals surface area contributed by atoms with E-state index in [0.717, 1.165) is 11.3 Å². The summed E-state index contributed by atoms with van der Waals surface area (Å²) >= 11 is 0. The normalized spacial score (nSPS) is 10.9. The van der Waals surface area contributed by atoms with Gasteiger partial charge in [0.05, 0.1) is 16.9 Å². The Hall–Kier alpha value is -2.99. The first-order valence-corrected chi connectivity index (χ1v) is 7.58. The van der Waals surface area contributed by atoms with Crippen molar-refractivity contribution in [2.75, 3.05) is 7.05 Å². The van der Waals surface area contributed by atoms with Gasteiger partial charge in [-0.3, -0.25) is 9.88 Å². The van der Waals surface area contributed by atoms with Crippen LogP contribution in [-0.4, -0.2) is 37.8 Å². The van der Waals surface area contributed by atoms with Crippen molar-refractivity contribution in [1.29, 1.82) is 0 Å². The van der Waals surface area contributed by atoms with Crippen molar-refractivity contribution in [2.45, 2.75) is 13.1 Å². The van der Waals surface area contributed by atoms with Crippen molar-refractivity contribution in [1.82, 2.24) is 19.7 Å². The molecule has 3 aromatic rings. The van der Waals surface area contributed by atoms with Crippen LogP contribution < -0.4 is 0 Å². The highest BCUT2D eigenvalue weighted by atomic mass is 16.4. The van der Waals surface area contributed by atoms with E-state index in [1.54, 1.807) is 29.2 Å². The largest absolute Gasteiger partial charge is 0.478 e. The van der Waals surface area contributed by atoms with Crippen molar-refractivity contribution in [3.05, 3.63) is 77.9 Å². The van der Waals surface area contributed by atoms with Gasteiger partial charge in [-0.25, -0.2) is 9.48 Å². The van der Waals surface area contributed by atoms with E-state index >= 15 is 0 Å². The number of carboxylic acids is 1. The first kappa shape index (κ1) is 15.9. The number of hydrogen-bond acceptors (Lipinski definition) is 4. The third-order valence-electron chi connectivity index (χ3n) is 3.70. The van der Waals surface area contributed by atoms with Gasteiger partial charge in [0, 0.05) is 31.7 Å². The summed E-state index contributed by atoms with van der Waals surface area (Å²) in [6.07, 6.45) is 5.26. The zero-order valence-corrected chi connectivity index (χ0v) is 13.3. The van der Waals surface area contributed by atoms with Crippen LogP contribution in [0.25, 0.3) is 5.69 Å². The summed E-state index contributed by atoms with van der Waals surface area (Å²) in [6.45, 7) is 1.18. The fourth-order valence-corrected chi connectivity index (χ4v) is 2.56. The van der Waals surface area contributed by atoms with Crippen molar-refractivity contribution in [3.63, 3.8) is 0 Å². The summed E-state index contributed by atoms with van der Waals surface area (Å²) < 4.78 is 1.81. The van der Waals surface area contributed by atoms with Crippen LogP contribution in [0, 0.1) is 0 Å². The highest BCUT2D eigenvalue weighted by Crippen LogP contribution is 2.13. The van der Waals surface area contributed by atoms with Gasteiger partial charge in [-0.1, -0.05) is 12.1 Å². The topological polar surface area (TPSA) is 71.2 Å². The van der Waals surface area contributed by atoms with Crippen molar-refractivity contribution in [2.24, 2.45) is 0 Å². The molecule has 1 N–H and O–H groups in total. The average molecular weight is 322 g/mol. The molecule has 0 saturated heterocycles. The van der Waals surface area contributed by atoms with E-state index in [0.29, 0.717) is 18.8 Å². The second-order valence-electron chi connectivity index (χ2n) is 5.59. The van der Waals surface area contributed by atoms with Gasteiger partial charge in [-0.05, 0) is 42.9 Å². The Bertz CT molecular complexity index is 813. The van der Waals surface area contributed by atoms with Crippen LogP contribution in [0.5, 0.6) is 0 Å². The summed E-state index contributed by atoms with van der Waals surface area (Å²) in [6, 6.07) is 13.2. The van der Waals surface area contributed by atoms with E-state index in [2.05, 4.69) is 10.1 Å². The van der Waals surface area contributed by atoms with Crippen LogP contribution in [0.1, 0.15) is 21.6 Å². The monoisotopic (exact) mass is 322 g/mol. The molecule has 0 radical (unpaired) electrons. The third-order valence-corrected chi connectivity index (χ3v) is 3.70. The highest BCUT2D eigenvalue weighted by Gasteiger charge is 2.12. The Labute approximate surface area is 140 Å². The van der Waals surface area contributed by atoms with E-state index in [9.17, 15) is 9.90 Å². The Morgan fingerprint density at radius 3 is 2.58 bits per heavy atom. The molecular formula is C18H18N4O2. The van der Waals surface area contributed by atoms with Crippen molar-refractivity contribution >= 4 is 5.97 Å². The lowest BCUT2D eigenvalue weighted by atomic mass is 10.1. The molecule has 0 aliphatic carbocycles. The molecule has 122 valence electrons. The van der Waals surface area contributed by atoms with Crippen molar-refractivity contribution in [3.8, 4) is 5.69 Å². The molecule has 2 aromatic heterocycles. The Balaban J connectivity index is 1.67. The SMILES string of the molecule is CN(Cc1ccc(-n2cccn2)cc1)Cc1ncccc1C(=O)O. The fourth-order valence-electron chi connectivity index (χ4n) is 2.56. The number of aromatic nitrogens is 3. The number of nitrogens with zero attached hydrogens (tertiary/aromatic N) is 4. The summed E-state index contributed by atoms with van der Waals surface area (Å²) in [5, 5.41) is 13.4. The molecule has 0 saturated carbocycles. The standard InChI is InChI=1S/C18H18N4O2/c1-21(13-17-16(18(23)24)4-2-9-19-17)12-14-5-7-15(8-6-14)22-11-3-10-20-22/h2-11H,12-13H2,1H3,(H,23,24). The summed E-state index contributed by atoms with van der Waals surface area (Å²) in [5.41, 5.74) is 2.96. The molecule has 0 aliphatic rings. The zero-order valence-electron chi connectivity index (χ0n) is 13.3. The maximum Gasteiger partial charge on any atom is 0.337 e. The molecule has 0 spiro atoms. The second kappa shape index (κ2) is 7.06. The number of carbonyl (C=O) groups is 1. The van der Waals surface area contributed by atoms with E-state index in [1.165, 1.54) is 0 Å². The lowest BCUT2D eigenvalue weighted by Gasteiger charge is -2.17. The Morgan fingerprint density at radius 2 is 1.92 bits per heavy atom. The van der Waals surface area contributed by atoms with Crippen LogP contribution in [0.15, 0.2) is 61.1 Å².